The average Bonchev–Trinajstić information content (AvgIpc) is 3.09. The number of hydrogen-bond acceptors (Lipinski definition) is 3. The molecule has 2 N–H and O–H groups in total. The van der Waals surface area contributed by atoms with Crippen LogP contribution in [-0.4, -0.2) is 40.4 Å². The van der Waals surface area contributed by atoms with Crippen LogP contribution in [-0.2, 0) is 9.59 Å². The fourth-order valence-corrected chi connectivity index (χ4v) is 2.70. The predicted molar refractivity (Wildman–Crippen MR) is 89.3 cm³/mol. The number of likely N-dealkylation sites (tertiary alicyclic amines) is 1. The molecule has 128 valence electrons. The van der Waals surface area contributed by atoms with Crippen LogP contribution in [0.15, 0.2) is 41.6 Å². The molecule has 0 saturated carbocycles. The van der Waals surface area contributed by atoms with Crippen LogP contribution >= 0.6 is 0 Å². The maximum Gasteiger partial charge on any atom is 0.326 e. The zero-order valence-electron chi connectivity index (χ0n) is 13.9. The molecule has 24 heavy (non-hydrogen) atoms. The highest BCUT2D eigenvalue weighted by Crippen LogP contribution is 2.21. The summed E-state index contributed by atoms with van der Waals surface area (Å²) in [5.41, 5.74) is 1.35. The second-order valence-corrected chi connectivity index (χ2v) is 5.82. The Kier molecular flexibility index (Phi) is 5.73. The van der Waals surface area contributed by atoms with Crippen molar-refractivity contribution in [2.75, 3.05) is 6.54 Å². The summed E-state index contributed by atoms with van der Waals surface area (Å²) >= 11 is 0. The van der Waals surface area contributed by atoms with Gasteiger partial charge in [0.15, 0.2) is 0 Å². The number of hydrogen-bond donors (Lipinski definition) is 2. The highest BCUT2D eigenvalue weighted by Gasteiger charge is 2.36. The maximum absolute atomic E-state index is 12.8. The molecule has 1 saturated heterocycles. The van der Waals surface area contributed by atoms with Crippen molar-refractivity contribution in [1.82, 2.24) is 10.2 Å². The minimum absolute atomic E-state index is 0.180. The Morgan fingerprint density at radius 2 is 1.92 bits per heavy atom. The van der Waals surface area contributed by atoms with E-state index in [0.717, 1.165) is 5.57 Å². The van der Waals surface area contributed by atoms with Crippen molar-refractivity contribution < 1.29 is 19.5 Å². The lowest BCUT2D eigenvalue weighted by atomic mass is 10.1. The number of carbonyl (C=O) groups is 3. The van der Waals surface area contributed by atoms with Crippen molar-refractivity contribution in [1.29, 1.82) is 0 Å². The Bertz CT molecular complexity index is 667. The van der Waals surface area contributed by atoms with Crippen LogP contribution in [0.5, 0.6) is 0 Å². The van der Waals surface area contributed by atoms with E-state index in [9.17, 15) is 19.5 Å². The third-order valence-corrected chi connectivity index (χ3v) is 4.24. The Labute approximate surface area is 141 Å². The number of nitrogens with zero attached hydrogens (tertiary/aromatic N) is 1. The van der Waals surface area contributed by atoms with Crippen molar-refractivity contribution in [2.45, 2.75) is 39.2 Å². The van der Waals surface area contributed by atoms with Crippen LogP contribution in [0.3, 0.4) is 0 Å². The van der Waals surface area contributed by atoms with Crippen LogP contribution < -0.4 is 5.32 Å². The van der Waals surface area contributed by atoms with Gasteiger partial charge < -0.3 is 15.3 Å². The highest BCUT2D eigenvalue weighted by molar-refractivity contribution is 6.04. The normalized spacial score (nSPS) is 18.1. The first kappa shape index (κ1) is 17.7. The van der Waals surface area contributed by atoms with Gasteiger partial charge in [-0.15, -0.1) is 0 Å². The molecule has 2 rings (SSSR count). The van der Waals surface area contributed by atoms with E-state index in [1.165, 1.54) is 4.90 Å². The fourth-order valence-electron chi connectivity index (χ4n) is 2.70. The number of carboxylic acids is 1. The van der Waals surface area contributed by atoms with Crippen LogP contribution in [0.1, 0.15) is 43.5 Å². The minimum Gasteiger partial charge on any atom is -0.480 e. The summed E-state index contributed by atoms with van der Waals surface area (Å²) in [5.74, 6) is -1.81. The number of rotatable bonds is 5. The smallest absolute Gasteiger partial charge is 0.326 e. The zero-order valence-corrected chi connectivity index (χ0v) is 13.9. The molecule has 0 radical (unpaired) electrons. The molecular weight excluding hydrogens is 308 g/mol. The summed E-state index contributed by atoms with van der Waals surface area (Å²) < 4.78 is 0. The zero-order chi connectivity index (χ0) is 17.7. The van der Waals surface area contributed by atoms with Gasteiger partial charge in [0.2, 0.25) is 0 Å². The second-order valence-electron chi connectivity index (χ2n) is 5.82. The van der Waals surface area contributed by atoms with Crippen LogP contribution in [0.4, 0.5) is 0 Å². The van der Waals surface area contributed by atoms with Crippen molar-refractivity contribution in [3.05, 3.63) is 47.2 Å². The molecule has 0 aromatic heterocycles. The van der Waals surface area contributed by atoms with Gasteiger partial charge in [0, 0.05) is 12.1 Å². The van der Waals surface area contributed by atoms with E-state index in [0.29, 0.717) is 31.4 Å². The fraction of sp³-hybridized carbons (Fsp3) is 0.389. The second kappa shape index (κ2) is 7.77. The topological polar surface area (TPSA) is 86.7 Å². The molecule has 6 nitrogen and oxygen atoms in total. The standard InChI is InChI=1S/C18H22N2O4/c1-3-12(2)15(19-16(21)13-8-5-4-6-9-13)17(22)20-11-7-10-14(20)18(23)24/h4-6,8-9,14H,3,7,10-11H2,1-2H3,(H,19,21)(H,23,24)/b15-12+. The quantitative estimate of drug-likeness (QED) is 0.810. The van der Waals surface area contributed by atoms with E-state index in [1.54, 1.807) is 37.3 Å². The van der Waals surface area contributed by atoms with Crippen molar-refractivity contribution >= 4 is 17.8 Å². The van der Waals surface area contributed by atoms with Crippen LogP contribution in [0, 0.1) is 0 Å². The maximum atomic E-state index is 12.8. The van der Waals surface area contributed by atoms with E-state index < -0.39 is 17.9 Å². The summed E-state index contributed by atoms with van der Waals surface area (Å²) in [6, 6.07) is 7.79. The van der Waals surface area contributed by atoms with Gasteiger partial charge in [-0.3, -0.25) is 9.59 Å². The van der Waals surface area contributed by atoms with Crippen molar-refractivity contribution in [2.24, 2.45) is 0 Å². The van der Waals surface area contributed by atoms with Crippen molar-refractivity contribution in [3.63, 3.8) is 0 Å². The summed E-state index contributed by atoms with van der Waals surface area (Å²) in [6.45, 7) is 4.04. The summed E-state index contributed by atoms with van der Waals surface area (Å²) in [6.07, 6.45) is 1.67. The highest BCUT2D eigenvalue weighted by atomic mass is 16.4. The molecule has 1 heterocycles. The number of benzene rings is 1. The Balaban J connectivity index is 2.25. The van der Waals surface area contributed by atoms with Gasteiger partial charge in [-0.2, -0.15) is 0 Å². The SMILES string of the molecule is CC/C(C)=C(/NC(=O)c1ccccc1)C(=O)N1CCCC1C(=O)O. The molecule has 0 bridgehead atoms. The lowest BCUT2D eigenvalue weighted by molar-refractivity contribution is -0.147. The lowest BCUT2D eigenvalue weighted by Gasteiger charge is -2.24. The summed E-state index contributed by atoms with van der Waals surface area (Å²) in [7, 11) is 0. The van der Waals surface area contributed by atoms with Crippen molar-refractivity contribution in [3.8, 4) is 0 Å². The Hall–Kier alpha value is -2.63. The molecule has 1 aromatic rings. The van der Waals surface area contributed by atoms with Gasteiger partial charge in [-0.1, -0.05) is 25.1 Å². The van der Waals surface area contributed by atoms with Gasteiger partial charge in [0.05, 0.1) is 0 Å². The molecule has 1 aliphatic rings. The third-order valence-electron chi connectivity index (χ3n) is 4.24. The van der Waals surface area contributed by atoms with Crippen LogP contribution in [0.25, 0.3) is 0 Å². The lowest BCUT2D eigenvalue weighted by Crippen LogP contribution is -2.44. The molecule has 2 amide bonds. The number of carboxylic acid groups (broad SMARTS) is 1. The van der Waals surface area contributed by atoms with Crippen LogP contribution in [0.2, 0.25) is 0 Å². The van der Waals surface area contributed by atoms with E-state index in [2.05, 4.69) is 5.32 Å². The average molecular weight is 330 g/mol. The molecular formula is C18H22N2O4. The Morgan fingerprint density at radius 3 is 2.50 bits per heavy atom. The van der Waals surface area contributed by atoms with E-state index in [4.69, 9.17) is 0 Å². The number of allylic oxidation sites excluding steroid dienone is 1. The molecule has 1 aliphatic heterocycles. The van der Waals surface area contributed by atoms with E-state index >= 15 is 0 Å². The number of nitrogens with one attached hydrogen (secondary N) is 1. The number of amides is 2. The van der Waals surface area contributed by atoms with E-state index in [-0.39, 0.29) is 11.6 Å². The summed E-state index contributed by atoms with van der Waals surface area (Å²) in [5, 5.41) is 11.9. The van der Waals surface area contributed by atoms with Gasteiger partial charge in [0.1, 0.15) is 11.7 Å². The first-order valence-electron chi connectivity index (χ1n) is 8.05. The molecule has 0 aliphatic carbocycles. The molecule has 6 heteroatoms. The van der Waals surface area contributed by atoms with Gasteiger partial charge in [-0.25, -0.2) is 4.79 Å². The molecule has 1 unspecified atom stereocenters. The summed E-state index contributed by atoms with van der Waals surface area (Å²) in [4.78, 5) is 37.9. The van der Waals surface area contributed by atoms with Gasteiger partial charge >= 0.3 is 5.97 Å². The number of aliphatic carboxylic acids is 1. The van der Waals surface area contributed by atoms with Gasteiger partial charge in [0.25, 0.3) is 11.8 Å². The van der Waals surface area contributed by atoms with E-state index in [1.807, 2.05) is 6.92 Å². The molecule has 0 spiro atoms. The first-order chi connectivity index (χ1) is 11.5. The monoisotopic (exact) mass is 330 g/mol. The predicted octanol–water partition coefficient (Wildman–Crippen LogP) is 2.18. The molecule has 1 fully saturated rings. The molecule has 1 aromatic carbocycles. The number of carbonyl (C=O) groups excluding carboxylic acids is 2. The molecule has 1 atom stereocenters. The largest absolute Gasteiger partial charge is 0.480 e. The minimum atomic E-state index is -1.01. The first-order valence-corrected chi connectivity index (χ1v) is 8.05. The Morgan fingerprint density at radius 1 is 1.25 bits per heavy atom. The van der Waals surface area contributed by atoms with Gasteiger partial charge in [-0.05, 0) is 43.9 Å². The third kappa shape index (κ3) is 3.82.